The summed E-state index contributed by atoms with van der Waals surface area (Å²) >= 11 is 1.70. The molecule has 1 N–H and O–H groups in total. The van der Waals surface area contributed by atoms with Crippen molar-refractivity contribution in [2.45, 2.75) is 19.2 Å². The lowest BCUT2D eigenvalue weighted by atomic mass is 10.2. The summed E-state index contributed by atoms with van der Waals surface area (Å²) in [6, 6.07) is 4.02. The van der Waals surface area contributed by atoms with Gasteiger partial charge in [0.1, 0.15) is 5.37 Å². The molecule has 4 heteroatoms. The topological polar surface area (TPSA) is 36.1 Å². The lowest BCUT2D eigenvalue weighted by molar-refractivity contribution is -0.128. The Labute approximate surface area is 94.2 Å². The Hall–Kier alpha value is -0.900. The normalized spacial score (nSPS) is 21.7. The number of thioether (sulfide) groups is 1. The Kier molecular flexibility index (Phi) is 3.05. The maximum Gasteiger partial charge on any atom is 0.233 e. The van der Waals surface area contributed by atoms with Crippen molar-refractivity contribution in [2.24, 2.45) is 5.92 Å². The molecule has 1 aromatic heterocycles. The number of amides is 1. The van der Waals surface area contributed by atoms with E-state index in [0.717, 1.165) is 12.2 Å². The standard InChI is InChI=1S/C11H16N2OS/c1-8(2)6-13-10(14)7-15-11(13)9-4-3-5-12-9/h3-5,8,11-12H,6-7H2,1-2H3. The van der Waals surface area contributed by atoms with E-state index >= 15 is 0 Å². The number of H-pyrrole nitrogens is 1. The van der Waals surface area contributed by atoms with Gasteiger partial charge < -0.3 is 9.88 Å². The van der Waals surface area contributed by atoms with Gasteiger partial charge in [-0.2, -0.15) is 0 Å². The molecule has 1 fully saturated rings. The zero-order valence-electron chi connectivity index (χ0n) is 9.06. The number of carbonyl (C=O) groups is 1. The number of nitrogens with one attached hydrogen (secondary N) is 1. The molecular formula is C11H16N2OS. The predicted octanol–water partition coefficient (Wildman–Crippen LogP) is 2.24. The Morgan fingerprint density at radius 2 is 2.47 bits per heavy atom. The van der Waals surface area contributed by atoms with Gasteiger partial charge in [0.05, 0.1) is 5.75 Å². The second-order valence-electron chi connectivity index (χ2n) is 4.23. The van der Waals surface area contributed by atoms with Gasteiger partial charge in [-0.25, -0.2) is 0 Å². The summed E-state index contributed by atoms with van der Waals surface area (Å²) in [5.74, 6) is 1.38. The van der Waals surface area contributed by atoms with Crippen molar-refractivity contribution in [3.63, 3.8) is 0 Å². The van der Waals surface area contributed by atoms with Crippen molar-refractivity contribution < 1.29 is 4.79 Å². The van der Waals surface area contributed by atoms with Crippen LogP contribution in [0.25, 0.3) is 0 Å². The first-order chi connectivity index (χ1) is 7.18. The van der Waals surface area contributed by atoms with Crippen LogP contribution in [-0.2, 0) is 4.79 Å². The molecule has 0 aromatic carbocycles. The molecule has 1 aliphatic rings. The SMILES string of the molecule is CC(C)CN1C(=O)CSC1c1ccc[nH]1. The number of aromatic nitrogens is 1. The van der Waals surface area contributed by atoms with E-state index in [4.69, 9.17) is 0 Å². The van der Waals surface area contributed by atoms with Gasteiger partial charge in [-0.15, -0.1) is 11.8 Å². The molecule has 0 saturated carbocycles. The average Bonchev–Trinajstić information content (AvgIpc) is 2.76. The fourth-order valence-corrected chi connectivity index (χ4v) is 2.98. The molecule has 2 heterocycles. The summed E-state index contributed by atoms with van der Waals surface area (Å²) in [6.45, 7) is 5.12. The Balaban J connectivity index is 2.14. The highest BCUT2D eigenvalue weighted by Crippen LogP contribution is 2.37. The average molecular weight is 224 g/mol. The molecule has 82 valence electrons. The van der Waals surface area contributed by atoms with Crippen molar-refractivity contribution in [1.29, 1.82) is 0 Å². The Morgan fingerprint density at radius 3 is 3.07 bits per heavy atom. The van der Waals surface area contributed by atoms with Crippen LogP contribution in [-0.4, -0.2) is 28.1 Å². The minimum absolute atomic E-state index is 0.190. The van der Waals surface area contributed by atoms with Gasteiger partial charge in [0, 0.05) is 18.4 Å². The number of carbonyl (C=O) groups excluding carboxylic acids is 1. The zero-order valence-corrected chi connectivity index (χ0v) is 9.88. The number of hydrogen-bond donors (Lipinski definition) is 1. The van der Waals surface area contributed by atoms with Crippen LogP contribution in [0.1, 0.15) is 24.9 Å². The van der Waals surface area contributed by atoms with E-state index < -0.39 is 0 Å². The third-order valence-electron chi connectivity index (χ3n) is 2.42. The molecular weight excluding hydrogens is 208 g/mol. The molecule has 1 aromatic rings. The van der Waals surface area contributed by atoms with E-state index in [1.54, 1.807) is 11.8 Å². The van der Waals surface area contributed by atoms with Gasteiger partial charge in [-0.05, 0) is 18.1 Å². The molecule has 3 nitrogen and oxygen atoms in total. The lowest BCUT2D eigenvalue weighted by Gasteiger charge is -2.24. The van der Waals surface area contributed by atoms with Crippen LogP contribution in [0.2, 0.25) is 0 Å². The highest BCUT2D eigenvalue weighted by atomic mass is 32.2. The minimum Gasteiger partial charge on any atom is -0.363 e. The molecule has 0 bridgehead atoms. The second kappa shape index (κ2) is 4.31. The quantitative estimate of drug-likeness (QED) is 0.854. The number of nitrogens with zero attached hydrogens (tertiary/aromatic N) is 1. The minimum atomic E-state index is 0.190. The van der Waals surface area contributed by atoms with Gasteiger partial charge in [-0.3, -0.25) is 4.79 Å². The van der Waals surface area contributed by atoms with Crippen LogP contribution in [0, 0.1) is 5.92 Å². The molecule has 1 aliphatic heterocycles. The highest BCUT2D eigenvalue weighted by Gasteiger charge is 2.33. The summed E-state index contributed by atoms with van der Waals surface area (Å²) in [7, 11) is 0. The fraction of sp³-hybridized carbons (Fsp3) is 0.545. The number of rotatable bonds is 3. The summed E-state index contributed by atoms with van der Waals surface area (Å²) < 4.78 is 0. The zero-order chi connectivity index (χ0) is 10.8. The molecule has 0 spiro atoms. The van der Waals surface area contributed by atoms with Crippen molar-refractivity contribution in [2.75, 3.05) is 12.3 Å². The van der Waals surface area contributed by atoms with Crippen LogP contribution in [0.3, 0.4) is 0 Å². The molecule has 0 aliphatic carbocycles. The van der Waals surface area contributed by atoms with Crippen LogP contribution in [0.5, 0.6) is 0 Å². The molecule has 1 unspecified atom stereocenters. The van der Waals surface area contributed by atoms with Crippen molar-refractivity contribution in [3.8, 4) is 0 Å². The second-order valence-corrected chi connectivity index (χ2v) is 5.30. The van der Waals surface area contributed by atoms with Crippen molar-refractivity contribution in [3.05, 3.63) is 24.0 Å². The first-order valence-corrected chi connectivity index (χ1v) is 6.27. The number of aromatic amines is 1. The van der Waals surface area contributed by atoms with Gasteiger partial charge in [0.2, 0.25) is 5.91 Å². The van der Waals surface area contributed by atoms with Gasteiger partial charge in [0.15, 0.2) is 0 Å². The smallest absolute Gasteiger partial charge is 0.233 e. The van der Waals surface area contributed by atoms with Crippen LogP contribution in [0.4, 0.5) is 0 Å². The predicted molar refractivity (Wildman–Crippen MR) is 62.5 cm³/mol. The van der Waals surface area contributed by atoms with Crippen molar-refractivity contribution >= 4 is 17.7 Å². The van der Waals surface area contributed by atoms with Crippen LogP contribution >= 0.6 is 11.8 Å². The largest absolute Gasteiger partial charge is 0.363 e. The molecule has 1 saturated heterocycles. The van der Waals surface area contributed by atoms with Gasteiger partial charge >= 0.3 is 0 Å². The number of hydrogen-bond acceptors (Lipinski definition) is 2. The van der Waals surface area contributed by atoms with E-state index in [9.17, 15) is 4.79 Å². The van der Waals surface area contributed by atoms with E-state index in [-0.39, 0.29) is 11.3 Å². The third-order valence-corrected chi connectivity index (χ3v) is 3.66. The van der Waals surface area contributed by atoms with Crippen LogP contribution in [0.15, 0.2) is 18.3 Å². The molecule has 1 amide bonds. The fourth-order valence-electron chi connectivity index (χ4n) is 1.80. The molecule has 15 heavy (non-hydrogen) atoms. The molecule has 0 radical (unpaired) electrons. The Morgan fingerprint density at radius 1 is 1.67 bits per heavy atom. The first kappa shape index (κ1) is 10.6. The van der Waals surface area contributed by atoms with Gasteiger partial charge in [0.25, 0.3) is 0 Å². The molecule has 2 rings (SSSR count). The van der Waals surface area contributed by atoms with Crippen LogP contribution < -0.4 is 0 Å². The summed E-state index contributed by atoms with van der Waals surface area (Å²) in [5.41, 5.74) is 1.13. The van der Waals surface area contributed by atoms with Crippen molar-refractivity contribution in [1.82, 2.24) is 9.88 Å². The monoisotopic (exact) mass is 224 g/mol. The summed E-state index contributed by atoms with van der Waals surface area (Å²) in [6.07, 6.45) is 1.91. The first-order valence-electron chi connectivity index (χ1n) is 5.23. The highest BCUT2D eigenvalue weighted by molar-refractivity contribution is 8.00. The van der Waals surface area contributed by atoms with Gasteiger partial charge in [-0.1, -0.05) is 13.8 Å². The summed E-state index contributed by atoms with van der Waals surface area (Å²) in [5, 5.41) is 0.190. The Bertz CT molecular complexity index is 334. The summed E-state index contributed by atoms with van der Waals surface area (Å²) in [4.78, 5) is 16.9. The van der Waals surface area contributed by atoms with E-state index in [1.807, 2.05) is 23.2 Å². The van der Waals surface area contributed by atoms with E-state index in [2.05, 4.69) is 18.8 Å². The maximum absolute atomic E-state index is 11.7. The van der Waals surface area contributed by atoms with E-state index in [0.29, 0.717) is 11.7 Å². The molecule has 1 atom stereocenters. The van der Waals surface area contributed by atoms with E-state index in [1.165, 1.54) is 0 Å². The maximum atomic E-state index is 11.7. The third kappa shape index (κ3) is 2.20. The lowest BCUT2D eigenvalue weighted by Crippen LogP contribution is -2.31.